The first-order valence-electron chi connectivity index (χ1n) is 9.52. The number of thiazole rings is 1. The number of hydrogen-bond acceptors (Lipinski definition) is 5. The van der Waals surface area contributed by atoms with E-state index in [4.69, 9.17) is 4.74 Å². The Morgan fingerprint density at radius 1 is 1.42 bits per heavy atom. The molecule has 1 N–H and O–H groups in total. The molecule has 1 aliphatic carbocycles. The summed E-state index contributed by atoms with van der Waals surface area (Å²) in [6.45, 7) is 1.15. The third-order valence-corrected chi connectivity index (χ3v) is 7.16. The van der Waals surface area contributed by atoms with Gasteiger partial charge in [-0.1, -0.05) is 25.0 Å². The Labute approximate surface area is 156 Å². The van der Waals surface area contributed by atoms with Crippen LogP contribution in [0.25, 0.3) is 0 Å². The van der Waals surface area contributed by atoms with E-state index in [1.807, 2.05) is 22.4 Å². The Kier molecular flexibility index (Phi) is 3.90. The topological polar surface area (TPSA) is 71.5 Å². The Morgan fingerprint density at radius 3 is 3.04 bits per heavy atom. The van der Waals surface area contributed by atoms with Crippen molar-refractivity contribution in [2.45, 2.75) is 49.9 Å². The molecule has 1 spiro atoms. The summed E-state index contributed by atoms with van der Waals surface area (Å²) in [5, 5.41) is 5.95. The van der Waals surface area contributed by atoms with Crippen LogP contribution in [0.15, 0.2) is 23.7 Å². The molecule has 2 bridgehead atoms. The second-order valence-corrected chi connectivity index (χ2v) is 8.75. The molecule has 6 nitrogen and oxygen atoms in total. The fourth-order valence-electron chi connectivity index (χ4n) is 5.14. The maximum Gasteiger partial charge on any atom is 0.230 e. The van der Waals surface area contributed by atoms with E-state index in [1.54, 1.807) is 17.5 Å². The van der Waals surface area contributed by atoms with Gasteiger partial charge in [-0.05, 0) is 12.8 Å². The standard InChI is InChI=1S/C19H23N3O3S/c23-17(21-8-6-14-20-9-10-26-14)15-13-5-7-19(25-13)11-22(18(24)16(15)19)12-3-1-2-4-12/h5,7,9-10,12-13,15-16H,1-4,6,8,11H2,(H,21,23). The summed E-state index contributed by atoms with van der Waals surface area (Å²) in [5.74, 6) is -0.721. The van der Waals surface area contributed by atoms with Crippen LogP contribution in [0.3, 0.4) is 0 Å². The van der Waals surface area contributed by atoms with Crippen molar-refractivity contribution in [1.82, 2.24) is 15.2 Å². The quantitative estimate of drug-likeness (QED) is 0.795. The number of rotatable bonds is 5. The highest BCUT2D eigenvalue weighted by molar-refractivity contribution is 7.09. The molecule has 1 aromatic rings. The van der Waals surface area contributed by atoms with E-state index in [-0.39, 0.29) is 23.8 Å². The molecule has 7 heteroatoms. The van der Waals surface area contributed by atoms with Crippen LogP contribution in [0.4, 0.5) is 0 Å². The first-order valence-corrected chi connectivity index (χ1v) is 10.4. The summed E-state index contributed by atoms with van der Waals surface area (Å²) in [6.07, 6.45) is 10.8. The lowest BCUT2D eigenvalue weighted by Gasteiger charge is -2.27. The van der Waals surface area contributed by atoms with Gasteiger partial charge in [-0.15, -0.1) is 11.3 Å². The van der Waals surface area contributed by atoms with E-state index in [9.17, 15) is 9.59 Å². The Bertz CT molecular complexity index is 743. The summed E-state index contributed by atoms with van der Waals surface area (Å²) in [7, 11) is 0. The van der Waals surface area contributed by atoms with Crippen molar-refractivity contribution in [3.05, 3.63) is 28.7 Å². The average Bonchev–Trinajstić information content (AvgIpc) is 3.43. The molecule has 1 saturated carbocycles. The molecule has 138 valence electrons. The van der Waals surface area contributed by atoms with Gasteiger partial charge in [0.05, 0.1) is 29.5 Å². The van der Waals surface area contributed by atoms with Gasteiger partial charge in [0, 0.05) is 30.6 Å². The third kappa shape index (κ3) is 2.44. The molecule has 2 saturated heterocycles. The summed E-state index contributed by atoms with van der Waals surface area (Å²) < 4.78 is 6.19. The maximum atomic E-state index is 13.2. The molecular formula is C19H23N3O3S. The van der Waals surface area contributed by atoms with E-state index in [1.165, 1.54) is 12.8 Å². The highest BCUT2D eigenvalue weighted by Crippen LogP contribution is 2.52. The predicted molar refractivity (Wildman–Crippen MR) is 96.5 cm³/mol. The van der Waals surface area contributed by atoms with Gasteiger partial charge in [-0.2, -0.15) is 0 Å². The lowest BCUT2D eigenvalue weighted by atomic mass is 9.77. The molecule has 4 heterocycles. The fourth-order valence-corrected chi connectivity index (χ4v) is 5.76. The second-order valence-electron chi connectivity index (χ2n) is 7.77. The first-order chi connectivity index (χ1) is 12.7. The molecule has 5 rings (SSSR count). The molecule has 2 amide bonds. The number of carbonyl (C=O) groups excluding carboxylic acids is 2. The minimum Gasteiger partial charge on any atom is -0.360 e. The minimum absolute atomic E-state index is 0.0654. The molecule has 3 aliphatic heterocycles. The van der Waals surface area contributed by atoms with Gasteiger partial charge in [0.1, 0.15) is 5.60 Å². The number of likely N-dealkylation sites (tertiary alicyclic amines) is 1. The van der Waals surface area contributed by atoms with E-state index in [2.05, 4.69) is 10.3 Å². The summed E-state index contributed by atoms with van der Waals surface area (Å²) >= 11 is 1.59. The molecule has 4 aliphatic rings. The zero-order valence-electron chi connectivity index (χ0n) is 14.6. The van der Waals surface area contributed by atoms with E-state index >= 15 is 0 Å². The van der Waals surface area contributed by atoms with Crippen LogP contribution in [-0.2, 0) is 20.7 Å². The highest BCUT2D eigenvalue weighted by Gasteiger charge is 2.67. The van der Waals surface area contributed by atoms with Crippen molar-refractivity contribution in [3.63, 3.8) is 0 Å². The first kappa shape index (κ1) is 16.4. The van der Waals surface area contributed by atoms with Crippen LogP contribution in [0, 0.1) is 11.8 Å². The monoisotopic (exact) mass is 373 g/mol. The molecule has 26 heavy (non-hydrogen) atoms. The Balaban J connectivity index is 1.30. The number of aromatic nitrogens is 1. The summed E-state index contributed by atoms with van der Waals surface area (Å²) in [6, 6.07) is 0.326. The van der Waals surface area contributed by atoms with Gasteiger partial charge in [-0.25, -0.2) is 4.98 Å². The third-order valence-electron chi connectivity index (χ3n) is 6.32. The summed E-state index contributed by atoms with van der Waals surface area (Å²) in [5.41, 5.74) is -0.582. The second kappa shape index (κ2) is 6.16. The number of ether oxygens (including phenoxy) is 1. The zero-order valence-corrected chi connectivity index (χ0v) is 15.4. The minimum atomic E-state index is -0.582. The van der Waals surface area contributed by atoms with Crippen LogP contribution in [0.1, 0.15) is 30.7 Å². The summed E-state index contributed by atoms with van der Waals surface area (Å²) in [4.78, 5) is 32.3. The largest absolute Gasteiger partial charge is 0.360 e. The van der Waals surface area contributed by atoms with E-state index in [0.717, 1.165) is 24.3 Å². The van der Waals surface area contributed by atoms with Gasteiger partial charge < -0.3 is 15.0 Å². The van der Waals surface area contributed by atoms with Gasteiger partial charge >= 0.3 is 0 Å². The molecule has 3 fully saturated rings. The Hall–Kier alpha value is -1.73. The van der Waals surface area contributed by atoms with Gasteiger partial charge in [0.25, 0.3) is 0 Å². The van der Waals surface area contributed by atoms with Gasteiger partial charge in [0.15, 0.2) is 0 Å². The van der Waals surface area contributed by atoms with Gasteiger partial charge in [-0.3, -0.25) is 9.59 Å². The Morgan fingerprint density at radius 2 is 2.27 bits per heavy atom. The van der Waals surface area contributed by atoms with Gasteiger partial charge in [0.2, 0.25) is 11.8 Å². The van der Waals surface area contributed by atoms with Crippen molar-refractivity contribution in [3.8, 4) is 0 Å². The van der Waals surface area contributed by atoms with Crippen LogP contribution < -0.4 is 5.32 Å². The van der Waals surface area contributed by atoms with Crippen molar-refractivity contribution in [1.29, 1.82) is 0 Å². The van der Waals surface area contributed by atoms with Crippen LogP contribution in [0.2, 0.25) is 0 Å². The van der Waals surface area contributed by atoms with Crippen molar-refractivity contribution in [2.24, 2.45) is 11.8 Å². The zero-order chi connectivity index (χ0) is 17.7. The maximum absolute atomic E-state index is 13.2. The number of fused-ring (bicyclic) bond motifs is 1. The number of carbonyl (C=O) groups is 2. The lowest BCUT2D eigenvalue weighted by molar-refractivity contribution is -0.138. The van der Waals surface area contributed by atoms with Crippen molar-refractivity contribution < 1.29 is 14.3 Å². The van der Waals surface area contributed by atoms with Crippen molar-refractivity contribution in [2.75, 3.05) is 13.1 Å². The fraction of sp³-hybridized carbons (Fsp3) is 0.632. The molecule has 4 atom stereocenters. The van der Waals surface area contributed by atoms with Crippen molar-refractivity contribution >= 4 is 23.2 Å². The predicted octanol–water partition coefficient (Wildman–Crippen LogP) is 1.53. The number of nitrogens with one attached hydrogen (secondary N) is 1. The SMILES string of the molecule is O=C(NCCc1nccs1)C1C2C=CC3(CN(C4CCCC4)C(=O)C13)O2. The smallest absolute Gasteiger partial charge is 0.230 e. The van der Waals surface area contributed by atoms with E-state index < -0.39 is 11.5 Å². The molecular weight excluding hydrogens is 350 g/mol. The molecule has 4 unspecified atom stereocenters. The number of nitrogens with zero attached hydrogens (tertiary/aromatic N) is 2. The molecule has 0 aromatic carbocycles. The van der Waals surface area contributed by atoms with E-state index in [0.29, 0.717) is 19.1 Å². The lowest BCUT2D eigenvalue weighted by Crippen LogP contribution is -2.45. The van der Waals surface area contributed by atoms with Crippen LogP contribution in [-0.4, -0.2) is 52.5 Å². The molecule has 1 aromatic heterocycles. The number of hydrogen-bond donors (Lipinski definition) is 1. The molecule has 0 radical (unpaired) electrons. The average molecular weight is 373 g/mol. The highest BCUT2D eigenvalue weighted by atomic mass is 32.1. The van der Waals surface area contributed by atoms with Crippen LogP contribution in [0.5, 0.6) is 0 Å². The number of amides is 2. The normalized spacial score (nSPS) is 35.5. The van der Waals surface area contributed by atoms with Crippen LogP contribution >= 0.6 is 11.3 Å².